The van der Waals surface area contributed by atoms with E-state index >= 15 is 0 Å². The number of rotatable bonds is 9. The number of aryl methyl sites for hydroxylation is 2. The number of thiazole rings is 2. The van der Waals surface area contributed by atoms with E-state index < -0.39 is 12.1 Å². The van der Waals surface area contributed by atoms with Gasteiger partial charge in [-0.05, 0) is 85.0 Å². The predicted molar refractivity (Wildman–Crippen MR) is 246 cm³/mol. The maximum absolute atomic E-state index is 12.8. The Labute approximate surface area is 372 Å². The number of benzene rings is 2. The van der Waals surface area contributed by atoms with Crippen LogP contribution in [0.25, 0.3) is 44.6 Å². The zero-order chi connectivity index (χ0) is 42.6. The van der Waals surface area contributed by atoms with E-state index in [1.54, 1.807) is 28.7 Å². The first-order chi connectivity index (χ1) is 29.5. The number of nitrogens with one attached hydrogen (secondary N) is 1. The summed E-state index contributed by atoms with van der Waals surface area (Å²) in [6.45, 7) is 0. The number of fused-ring (bicyclic) bond motifs is 2. The summed E-state index contributed by atoms with van der Waals surface area (Å²) in [5, 5.41) is 36.7. The Morgan fingerprint density at radius 3 is 1.55 bits per heavy atom. The maximum atomic E-state index is 12.8. The van der Waals surface area contributed by atoms with Crippen LogP contribution in [0.15, 0.2) is 107 Å². The van der Waals surface area contributed by atoms with Crippen molar-refractivity contribution in [2.24, 2.45) is 19.8 Å². The van der Waals surface area contributed by atoms with Gasteiger partial charge in [-0.15, -0.1) is 35.1 Å². The molecule has 0 radical (unpaired) electrons. The minimum absolute atomic E-state index is 0. The van der Waals surface area contributed by atoms with Crippen LogP contribution in [0, 0.1) is 0 Å². The Kier molecular flexibility index (Phi) is 13.9. The highest BCUT2D eigenvalue weighted by atomic mass is 35.5. The van der Waals surface area contributed by atoms with Crippen LogP contribution in [0.1, 0.15) is 68.9 Å². The van der Waals surface area contributed by atoms with Crippen molar-refractivity contribution in [1.82, 2.24) is 34.4 Å². The standard InChI is InChI=1S/C23H22N4O2S.C19H15N3O2S.C4H9NO.ClH/c1-27-9-8-17-16(10-14-2-4-15(5-3-14)20-12-30-13-24-20)11-19(25-22(17)27)23(29)26-18-6-7-21(18)28;1-22-7-6-15-14(9-16(19(23)24)21-18(15)22)8-12-2-4-13(5-3-12)17-10-25-11-20-17;5-3-1-2-4(3)6;/h2-5,8-9,11-13,18,21,28H,6-7,10H2,1H3,(H,26,29);2-7,9-11H,8H2,1H3,(H,23,24);3-4,6H,1-2,5H2;1H/t18-,21-;;3-,4-;/m0.0./s1. The molecule has 2 saturated carbocycles. The number of nitrogens with zero attached hydrogens (tertiary/aromatic N) is 6. The van der Waals surface area contributed by atoms with Gasteiger partial charge in [0.2, 0.25) is 0 Å². The highest BCUT2D eigenvalue weighted by molar-refractivity contribution is 7.08. The Morgan fingerprint density at radius 2 is 1.18 bits per heavy atom. The molecular formula is C46H47ClN8O5S2. The molecule has 1 amide bonds. The molecule has 8 aromatic rings. The summed E-state index contributed by atoms with van der Waals surface area (Å²) in [6, 6.07) is 24.1. The molecule has 2 fully saturated rings. The van der Waals surface area contributed by atoms with Gasteiger partial charge in [0.05, 0.1) is 40.7 Å². The van der Waals surface area contributed by atoms with E-state index in [4.69, 9.17) is 10.8 Å². The van der Waals surface area contributed by atoms with Gasteiger partial charge in [0.25, 0.3) is 5.91 Å². The second-order valence-corrected chi connectivity index (χ2v) is 16.9. The van der Waals surface area contributed by atoms with Gasteiger partial charge in [-0.2, -0.15) is 0 Å². The van der Waals surface area contributed by atoms with Crippen LogP contribution < -0.4 is 11.1 Å². The number of aliphatic hydroxyl groups excluding tert-OH is 2. The molecule has 6 N–H and O–H groups in total. The predicted octanol–water partition coefficient (Wildman–Crippen LogP) is 7.42. The Balaban J connectivity index is 0.000000164. The van der Waals surface area contributed by atoms with Crippen molar-refractivity contribution in [2.45, 2.75) is 62.8 Å². The SMILES string of the molecule is Cl.Cn1ccc2c(Cc3ccc(-c4cscn4)cc3)cc(C(=O)N[C@H]3CC[C@@H]3O)nc21.Cn1ccc2c(Cc3ccc(-c4cscn4)cc3)cc(C(=O)O)nc21.N[C@H]1CC[C@@H]1O. The first-order valence-electron chi connectivity index (χ1n) is 20.0. The zero-order valence-electron chi connectivity index (χ0n) is 34.1. The van der Waals surface area contributed by atoms with Gasteiger partial charge in [0, 0.05) is 65.2 Å². The van der Waals surface area contributed by atoms with Crippen LogP contribution in [-0.4, -0.2) is 80.6 Å². The third kappa shape index (κ3) is 9.94. The quantitative estimate of drug-likeness (QED) is 0.0974. The third-order valence-electron chi connectivity index (χ3n) is 11.3. The summed E-state index contributed by atoms with van der Waals surface area (Å²) in [7, 11) is 3.80. The molecule has 2 aliphatic carbocycles. The van der Waals surface area contributed by atoms with E-state index in [0.717, 1.165) is 86.9 Å². The molecule has 62 heavy (non-hydrogen) atoms. The van der Waals surface area contributed by atoms with Gasteiger partial charge in [-0.25, -0.2) is 24.7 Å². The smallest absolute Gasteiger partial charge is 0.354 e. The van der Waals surface area contributed by atoms with Gasteiger partial charge in [0.15, 0.2) is 5.69 Å². The van der Waals surface area contributed by atoms with Gasteiger partial charge >= 0.3 is 5.97 Å². The lowest BCUT2D eigenvalue weighted by molar-refractivity contribution is 0.0445. The maximum Gasteiger partial charge on any atom is 0.354 e. The number of aromatic carboxylic acids is 1. The van der Waals surface area contributed by atoms with Crippen molar-refractivity contribution in [1.29, 1.82) is 0 Å². The molecule has 6 heterocycles. The van der Waals surface area contributed by atoms with Crippen LogP contribution in [-0.2, 0) is 26.9 Å². The fourth-order valence-electron chi connectivity index (χ4n) is 7.26. The highest BCUT2D eigenvalue weighted by Gasteiger charge is 2.31. The summed E-state index contributed by atoms with van der Waals surface area (Å²) in [5.74, 6) is -1.25. The molecule has 0 bridgehead atoms. The Bertz CT molecular complexity index is 2760. The summed E-state index contributed by atoms with van der Waals surface area (Å²) >= 11 is 3.16. The van der Waals surface area contributed by atoms with E-state index in [1.165, 1.54) is 0 Å². The molecular weight excluding hydrogens is 844 g/mol. The minimum Gasteiger partial charge on any atom is -0.477 e. The van der Waals surface area contributed by atoms with E-state index in [1.807, 2.05) is 87.7 Å². The normalized spacial score (nSPS) is 17.7. The fourth-order valence-corrected chi connectivity index (χ4v) is 8.38. The molecule has 6 aromatic heterocycles. The van der Waals surface area contributed by atoms with Crippen molar-refractivity contribution < 1.29 is 24.9 Å². The lowest BCUT2D eigenvalue weighted by atomic mass is 9.89. The molecule has 0 spiro atoms. The van der Waals surface area contributed by atoms with E-state index in [0.29, 0.717) is 24.2 Å². The second-order valence-electron chi connectivity index (χ2n) is 15.5. The van der Waals surface area contributed by atoms with Gasteiger partial charge < -0.3 is 35.5 Å². The number of carboxylic acids is 1. The third-order valence-corrected chi connectivity index (χ3v) is 12.5. The van der Waals surface area contributed by atoms with Crippen LogP contribution in [0.4, 0.5) is 0 Å². The first-order valence-corrected chi connectivity index (χ1v) is 21.9. The first kappa shape index (κ1) is 44.3. The zero-order valence-corrected chi connectivity index (χ0v) is 36.5. The molecule has 2 aliphatic rings. The molecule has 0 aliphatic heterocycles. The summed E-state index contributed by atoms with van der Waals surface area (Å²) in [6.07, 6.45) is 8.01. The van der Waals surface area contributed by atoms with Crippen LogP contribution in [0.5, 0.6) is 0 Å². The number of pyridine rings is 2. The number of hydrogen-bond donors (Lipinski definition) is 5. The van der Waals surface area contributed by atoms with Crippen LogP contribution in [0.3, 0.4) is 0 Å². The number of aromatic nitrogens is 6. The number of amides is 1. The number of carbonyl (C=O) groups excluding carboxylic acids is 1. The van der Waals surface area contributed by atoms with Crippen LogP contribution >= 0.6 is 35.1 Å². The molecule has 0 saturated heterocycles. The number of aliphatic hydroxyl groups is 2. The average Bonchev–Trinajstić information content (AvgIpc) is 4.12. The average molecular weight is 892 g/mol. The second kappa shape index (κ2) is 19.5. The number of carbonyl (C=O) groups is 2. The monoisotopic (exact) mass is 890 g/mol. The summed E-state index contributed by atoms with van der Waals surface area (Å²) < 4.78 is 3.77. The number of hydrogen-bond acceptors (Lipinski definition) is 11. The highest BCUT2D eigenvalue weighted by Crippen LogP contribution is 2.27. The van der Waals surface area contributed by atoms with Gasteiger partial charge in [-0.1, -0.05) is 48.5 Å². The van der Waals surface area contributed by atoms with Crippen molar-refractivity contribution in [3.05, 3.63) is 141 Å². The molecule has 10 rings (SSSR count). The molecule has 2 aromatic carbocycles. The number of nitrogens with two attached hydrogens (primary N) is 1. The Morgan fingerprint density at radius 1 is 0.710 bits per heavy atom. The van der Waals surface area contributed by atoms with Gasteiger partial charge in [0.1, 0.15) is 17.0 Å². The number of carboxylic acid groups (broad SMARTS) is 1. The van der Waals surface area contributed by atoms with Crippen LogP contribution in [0.2, 0.25) is 0 Å². The summed E-state index contributed by atoms with van der Waals surface area (Å²) in [4.78, 5) is 41.6. The van der Waals surface area contributed by atoms with Crippen molar-refractivity contribution in [3.8, 4) is 22.5 Å². The molecule has 16 heteroatoms. The van der Waals surface area contributed by atoms with E-state index in [9.17, 15) is 19.8 Å². The topological polar surface area (TPSA) is 194 Å². The minimum atomic E-state index is -1.01. The van der Waals surface area contributed by atoms with Crippen molar-refractivity contribution in [2.75, 3.05) is 0 Å². The van der Waals surface area contributed by atoms with E-state index in [2.05, 4.69) is 61.7 Å². The molecule has 320 valence electrons. The summed E-state index contributed by atoms with van der Waals surface area (Å²) in [5.41, 5.74) is 19.3. The molecule has 4 atom stereocenters. The lowest BCUT2D eigenvalue weighted by Gasteiger charge is -2.32. The van der Waals surface area contributed by atoms with E-state index in [-0.39, 0.29) is 42.2 Å². The van der Waals surface area contributed by atoms with Crippen molar-refractivity contribution >= 4 is 69.0 Å². The fraction of sp³-hybridized carbons (Fsp3) is 0.261. The molecule has 0 unspecified atom stereocenters. The Hall–Kier alpha value is -5.81. The lowest BCUT2D eigenvalue weighted by Crippen LogP contribution is -2.50. The number of halogens is 1. The van der Waals surface area contributed by atoms with Gasteiger partial charge in [-0.3, -0.25) is 4.79 Å². The largest absolute Gasteiger partial charge is 0.477 e. The molecule has 13 nitrogen and oxygen atoms in total. The van der Waals surface area contributed by atoms with Crippen molar-refractivity contribution in [3.63, 3.8) is 0 Å².